The molecule has 0 saturated carbocycles. The topological polar surface area (TPSA) is 29.5 Å². The first-order chi connectivity index (χ1) is 8.61. The summed E-state index contributed by atoms with van der Waals surface area (Å²) in [6.45, 7) is 0. The first-order valence-corrected chi connectivity index (χ1v) is 6.14. The Morgan fingerprint density at radius 1 is 1.00 bits per heavy atom. The van der Waals surface area contributed by atoms with Gasteiger partial charge in [0, 0.05) is 0 Å². The number of methoxy groups -OCH3 is 1. The summed E-state index contributed by atoms with van der Waals surface area (Å²) in [7, 11) is 1.59. The fraction of sp³-hybridized carbons (Fsp3) is 0.143. The van der Waals surface area contributed by atoms with Gasteiger partial charge in [0.15, 0.2) is 0 Å². The lowest BCUT2D eigenvalue weighted by atomic mass is 10.0. The van der Waals surface area contributed by atoms with E-state index < -0.39 is 6.10 Å². The summed E-state index contributed by atoms with van der Waals surface area (Å²) in [5, 5.41) is 11.2. The maximum atomic E-state index is 10.3. The summed E-state index contributed by atoms with van der Waals surface area (Å²) in [6.07, 6.45) is -0.755. The minimum atomic E-state index is -0.755. The average molecular weight is 283 g/mol. The molecule has 2 rings (SSSR count). The van der Waals surface area contributed by atoms with Crippen LogP contribution < -0.4 is 4.74 Å². The van der Waals surface area contributed by atoms with Crippen molar-refractivity contribution in [1.82, 2.24) is 0 Å². The van der Waals surface area contributed by atoms with Crippen molar-refractivity contribution in [3.05, 3.63) is 63.6 Å². The number of ether oxygens (including phenoxy) is 1. The number of hydrogen-bond acceptors (Lipinski definition) is 2. The lowest BCUT2D eigenvalue weighted by molar-refractivity contribution is 0.220. The Morgan fingerprint density at radius 3 is 2.39 bits per heavy atom. The summed E-state index contributed by atoms with van der Waals surface area (Å²) >= 11 is 11.8. The predicted molar refractivity (Wildman–Crippen MR) is 73.5 cm³/mol. The minimum absolute atomic E-state index is 0.427. The SMILES string of the molecule is COc1cccc(C(O)c2ccc(Cl)c(Cl)c2)c1. The standard InChI is InChI=1S/C14H12Cl2O2/c1-18-11-4-2-3-9(7-11)14(17)10-5-6-12(15)13(16)8-10/h2-8,14,17H,1H3. The van der Waals surface area contributed by atoms with Gasteiger partial charge in [0.25, 0.3) is 0 Å². The first kappa shape index (κ1) is 13.2. The molecule has 0 amide bonds. The maximum Gasteiger partial charge on any atom is 0.119 e. The largest absolute Gasteiger partial charge is 0.497 e. The molecule has 0 heterocycles. The molecule has 1 atom stereocenters. The molecule has 0 bridgehead atoms. The molecule has 0 aromatic heterocycles. The van der Waals surface area contributed by atoms with Gasteiger partial charge in [-0.2, -0.15) is 0 Å². The van der Waals surface area contributed by atoms with Crippen molar-refractivity contribution in [3.8, 4) is 5.75 Å². The average Bonchev–Trinajstić information content (AvgIpc) is 2.41. The van der Waals surface area contributed by atoms with E-state index in [2.05, 4.69) is 0 Å². The van der Waals surface area contributed by atoms with Crippen LogP contribution in [0.25, 0.3) is 0 Å². The van der Waals surface area contributed by atoms with Crippen LogP contribution in [0.15, 0.2) is 42.5 Å². The second-order valence-electron chi connectivity index (χ2n) is 3.85. The molecule has 0 radical (unpaired) electrons. The monoisotopic (exact) mass is 282 g/mol. The summed E-state index contributed by atoms with van der Waals surface area (Å²) in [5.41, 5.74) is 1.44. The Hall–Kier alpha value is -1.22. The van der Waals surface area contributed by atoms with E-state index in [9.17, 15) is 5.11 Å². The molecule has 0 aliphatic rings. The number of halogens is 2. The normalized spacial score (nSPS) is 12.2. The van der Waals surface area contributed by atoms with Crippen molar-refractivity contribution in [3.63, 3.8) is 0 Å². The van der Waals surface area contributed by atoms with Gasteiger partial charge in [-0.25, -0.2) is 0 Å². The Kier molecular flexibility index (Phi) is 4.12. The summed E-state index contributed by atoms with van der Waals surface area (Å²) in [5.74, 6) is 0.701. The minimum Gasteiger partial charge on any atom is -0.497 e. The van der Waals surface area contributed by atoms with Gasteiger partial charge in [-0.1, -0.05) is 41.4 Å². The third-order valence-electron chi connectivity index (χ3n) is 2.67. The van der Waals surface area contributed by atoms with Crippen LogP contribution in [0.2, 0.25) is 10.0 Å². The van der Waals surface area contributed by atoms with Crippen molar-refractivity contribution in [2.45, 2.75) is 6.10 Å². The van der Waals surface area contributed by atoms with Gasteiger partial charge < -0.3 is 9.84 Å². The molecule has 4 heteroatoms. The number of aliphatic hydroxyl groups excluding tert-OH is 1. The number of aliphatic hydroxyl groups is 1. The van der Waals surface area contributed by atoms with E-state index >= 15 is 0 Å². The smallest absolute Gasteiger partial charge is 0.119 e. The highest BCUT2D eigenvalue weighted by atomic mass is 35.5. The third-order valence-corrected chi connectivity index (χ3v) is 3.41. The van der Waals surface area contributed by atoms with Gasteiger partial charge >= 0.3 is 0 Å². The van der Waals surface area contributed by atoms with Gasteiger partial charge in [0.05, 0.1) is 17.2 Å². The molecule has 0 spiro atoms. The van der Waals surface area contributed by atoms with Gasteiger partial charge in [0.2, 0.25) is 0 Å². The van der Waals surface area contributed by atoms with Crippen LogP contribution in [0.4, 0.5) is 0 Å². The van der Waals surface area contributed by atoms with Crippen LogP contribution >= 0.6 is 23.2 Å². The Balaban J connectivity index is 2.34. The molecule has 0 saturated heterocycles. The summed E-state index contributed by atoms with van der Waals surface area (Å²) in [6, 6.07) is 12.3. The number of benzene rings is 2. The number of hydrogen-bond donors (Lipinski definition) is 1. The molecule has 18 heavy (non-hydrogen) atoms. The Bertz CT molecular complexity index is 555. The molecule has 0 aliphatic carbocycles. The second kappa shape index (κ2) is 5.61. The van der Waals surface area contributed by atoms with Crippen molar-refractivity contribution >= 4 is 23.2 Å². The van der Waals surface area contributed by atoms with Crippen LogP contribution in [-0.2, 0) is 0 Å². The zero-order valence-electron chi connectivity index (χ0n) is 9.73. The fourth-order valence-electron chi connectivity index (χ4n) is 1.69. The van der Waals surface area contributed by atoms with Crippen molar-refractivity contribution in [2.75, 3.05) is 7.11 Å². The van der Waals surface area contributed by atoms with E-state index in [1.165, 1.54) is 0 Å². The lowest BCUT2D eigenvalue weighted by Crippen LogP contribution is -2.00. The highest BCUT2D eigenvalue weighted by molar-refractivity contribution is 6.42. The molecule has 94 valence electrons. The van der Waals surface area contributed by atoms with Crippen LogP contribution in [-0.4, -0.2) is 12.2 Å². The fourth-order valence-corrected chi connectivity index (χ4v) is 1.99. The highest BCUT2D eigenvalue weighted by Crippen LogP contribution is 2.29. The molecular formula is C14H12Cl2O2. The molecule has 0 fully saturated rings. The van der Waals surface area contributed by atoms with E-state index in [0.29, 0.717) is 21.4 Å². The summed E-state index contributed by atoms with van der Waals surface area (Å²) < 4.78 is 5.13. The van der Waals surface area contributed by atoms with Crippen LogP contribution in [0.3, 0.4) is 0 Å². The van der Waals surface area contributed by atoms with Crippen molar-refractivity contribution in [1.29, 1.82) is 0 Å². The van der Waals surface area contributed by atoms with Gasteiger partial charge in [-0.15, -0.1) is 0 Å². The highest BCUT2D eigenvalue weighted by Gasteiger charge is 2.12. The van der Waals surface area contributed by atoms with E-state index in [1.807, 2.05) is 18.2 Å². The Labute approximate surface area is 116 Å². The van der Waals surface area contributed by atoms with Gasteiger partial charge in [0.1, 0.15) is 11.9 Å². The van der Waals surface area contributed by atoms with Gasteiger partial charge in [-0.3, -0.25) is 0 Å². The van der Waals surface area contributed by atoms with E-state index in [0.717, 1.165) is 5.56 Å². The molecule has 2 aromatic carbocycles. The zero-order chi connectivity index (χ0) is 13.1. The van der Waals surface area contributed by atoms with Crippen LogP contribution in [0.1, 0.15) is 17.2 Å². The number of rotatable bonds is 3. The molecule has 2 nitrogen and oxygen atoms in total. The molecular weight excluding hydrogens is 271 g/mol. The van der Waals surface area contributed by atoms with Crippen molar-refractivity contribution in [2.24, 2.45) is 0 Å². The summed E-state index contributed by atoms with van der Waals surface area (Å²) in [4.78, 5) is 0. The third kappa shape index (κ3) is 2.78. The van der Waals surface area contributed by atoms with E-state index in [4.69, 9.17) is 27.9 Å². The second-order valence-corrected chi connectivity index (χ2v) is 4.67. The predicted octanol–water partition coefficient (Wildman–Crippen LogP) is 4.08. The molecule has 2 aromatic rings. The maximum absolute atomic E-state index is 10.3. The Morgan fingerprint density at radius 2 is 1.72 bits per heavy atom. The molecule has 0 aliphatic heterocycles. The molecule has 1 unspecified atom stereocenters. The molecule has 1 N–H and O–H groups in total. The van der Waals surface area contributed by atoms with Crippen molar-refractivity contribution < 1.29 is 9.84 Å². The lowest BCUT2D eigenvalue weighted by Gasteiger charge is -2.13. The van der Waals surface area contributed by atoms with Crippen LogP contribution in [0, 0.1) is 0 Å². The van der Waals surface area contributed by atoms with Crippen LogP contribution in [0.5, 0.6) is 5.75 Å². The van der Waals surface area contributed by atoms with Gasteiger partial charge in [-0.05, 0) is 35.4 Å². The van der Waals surface area contributed by atoms with E-state index in [-0.39, 0.29) is 0 Å². The quantitative estimate of drug-likeness (QED) is 0.919. The zero-order valence-corrected chi connectivity index (χ0v) is 11.2. The van der Waals surface area contributed by atoms with E-state index in [1.54, 1.807) is 31.4 Å². The first-order valence-electron chi connectivity index (χ1n) is 5.39.